The Labute approximate surface area is 289 Å². The normalized spacial score (nSPS) is 24.3. The van der Waals surface area contributed by atoms with E-state index in [1.165, 1.54) is 12.1 Å². The minimum absolute atomic E-state index is 0.00840. The molecule has 0 saturated carbocycles. The van der Waals surface area contributed by atoms with Crippen LogP contribution in [0.2, 0.25) is 5.02 Å². The molecule has 0 spiro atoms. The summed E-state index contributed by atoms with van der Waals surface area (Å²) in [5.74, 6) is -0.898. The van der Waals surface area contributed by atoms with Crippen molar-refractivity contribution in [3.05, 3.63) is 34.9 Å². The van der Waals surface area contributed by atoms with Gasteiger partial charge in [0.15, 0.2) is 10.9 Å². The first-order valence-electron chi connectivity index (χ1n) is 16.4. The van der Waals surface area contributed by atoms with Crippen molar-refractivity contribution < 1.29 is 22.7 Å². The minimum Gasteiger partial charge on any atom is -0.461 e. The van der Waals surface area contributed by atoms with E-state index >= 15 is 4.39 Å². The van der Waals surface area contributed by atoms with Crippen molar-refractivity contribution in [2.75, 3.05) is 63.1 Å². The van der Waals surface area contributed by atoms with E-state index in [0.29, 0.717) is 69.7 Å². The number of urea groups is 1. The number of nitrogen functional groups attached to an aromatic ring is 1. The number of fused-ring (bicyclic) bond motifs is 3. The molecule has 0 aliphatic carbocycles. The van der Waals surface area contributed by atoms with E-state index in [1.807, 2.05) is 4.90 Å². The van der Waals surface area contributed by atoms with Crippen molar-refractivity contribution in [1.29, 1.82) is 5.26 Å². The molecule has 3 atom stereocenters. The number of carbonyl (C=O) groups excluding carboxylic acids is 1. The average molecular weight is 712 g/mol. The lowest BCUT2D eigenvalue weighted by atomic mass is 9.95. The minimum atomic E-state index is -0.950. The molecule has 0 unspecified atom stereocenters. The lowest BCUT2D eigenvalue weighted by molar-refractivity contribution is 0.107. The Morgan fingerprint density at radius 1 is 1.12 bits per heavy atom. The second-order valence-corrected chi connectivity index (χ2v) is 14.6. The first kappa shape index (κ1) is 32.1. The number of alkyl halides is 1. The number of rotatable bonds is 5. The second-order valence-electron chi connectivity index (χ2n) is 13.2. The zero-order valence-electron chi connectivity index (χ0n) is 26.5. The van der Waals surface area contributed by atoms with Crippen LogP contribution in [-0.2, 0) is 0 Å². The number of hydrogen-bond acceptors (Lipinski definition) is 10. The number of hydrogen-bond donors (Lipinski definition) is 1. The highest BCUT2D eigenvalue weighted by molar-refractivity contribution is 7.22. The molecule has 4 aliphatic heterocycles. The summed E-state index contributed by atoms with van der Waals surface area (Å²) in [6.45, 7) is 3.55. The standard InChI is InChI=1S/C33H33ClF3N9O2S/c34-22-13-21-26(25(37)24(22)20-3-4-23(36)28-27(20)40-30(39)49-28)41-31(48-17-33-6-1-9-45(33)16-18(35)14-33)42-29(21)43-7-2-8-44(12-11-43)32(47)46-10-5-19(46)15-38/h3-4,13,18-19H,1-2,5-12,14,16-17H2,(H2,39,40)/t18-,19+,33+/m1/s1. The predicted octanol–water partition coefficient (Wildman–Crippen LogP) is 5.61. The first-order valence-corrected chi connectivity index (χ1v) is 17.6. The molecule has 2 aromatic carbocycles. The van der Waals surface area contributed by atoms with E-state index in [-0.39, 0.29) is 55.7 Å². The number of nitrogens with zero attached hydrogens (tertiary/aromatic N) is 8. The number of thiazole rings is 1. The van der Waals surface area contributed by atoms with Crippen LogP contribution >= 0.6 is 22.9 Å². The van der Waals surface area contributed by atoms with Gasteiger partial charge in [0.1, 0.15) is 36.0 Å². The highest BCUT2D eigenvalue weighted by Gasteiger charge is 2.49. The Balaban J connectivity index is 1.19. The van der Waals surface area contributed by atoms with Crippen LogP contribution < -0.4 is 15.4 Å². The third-order valence-electron chi connectivity index (χ3n) is 10.3. The number of carbonyl (C=O) groups is 1. The van der Waals surface area contributed by atoms with E-state index in [2.05, 4.69) is 20.9 Å². The van der Waals surface area contributed by atoms with Crippen molar-refractivity contribution in [2.45, 2.75) is 49.9 Å². The average Bonchev–Trinajstić information content (AvgIpc) is 3.65. The van der Waals surface area contributed by atoms with Crippen LogP contribution in [0.1, 0.15) is 32.1 Å². The summed E-state index contributed by atoms with van der Waals surface area (Å²) in [7, 11) is 0. The molecule has 8 rings (SSSR count). The number of halogens is 4. The first-order chi connectivity index (χ1) is 23.7. The molecular weight excluding hydrogens is 679 g/mol. The van der Waals surface area contributed by atoms with Crippen molar-refractivity contribution in [3.8, 4) is 23.2 Å². The largest absolute Gasteiger partial charge is 0.461 e. The number of benzene rings is 2. The van der Waals surface area contributed by atoms with Crippen molar-refractivity contribution >= 4 is 61.0 Å². The lowest BCUT2D eigenvalue weighted by Gasteiger charge is -2.39. The molecule has 4 saturated heterocycles. The van der Waals surface area contributed by atoms with Gasteiger partial charge in [-0.1, -0.05) is 22.9 Å². The summed E-state index contributed by atoms with van der Waals surface area (Å²) < 4.78 is 52.5. The van der Waals surface area contributed by atoms with Gasteiger partial charge in [0.25, 0.3) is 0 Å². The van der Waals surface area contributed by atoms with Gasteiger partial charge < -0.3 is 25.2 Å². The maximum absolute atomic E-state index is 16.9. The molecule has 4 fully saturated rings. The molecule has 2 aromatic heterocycles. The molecular formula is C33H33ClF3N9O2S. The fourth-order valence-corrected chi connectivity index (χ4v) is 8.86. The number of nitrogens with two attached hydrogens (primary N) is 1. The fraction of sp³-hybridized carbons (Fsp3) is 0.485. The molecule has 6 heterocycles. The lowest BCUT2D eigenvalue weighted by Crippen LogP contribution is -2.55. The number of aromatic nitrogens is 3. The number of likely N-dealkylation sites (tertiary alicyclic amines) is 1. The molecule has 0 radical (unpaired) electrons. The third-order valence-corrected chi connectivity index (χ3v) is 11.5. The Morgan fingerprint density at radius 2 is 1.98 bits per heavy atom. The predicted molar refractivity (Wildman–Crippen MR) is 181 cm³/mol. The third kappa shape index (κ3) is 5.44. The number of nitriles is 1. The van der Waals surface area contributed by atoms with Crippen molar-refractivity contribution in [2.24, 2.45) is 0 Å². The Bertz CT molecular complexity index is 2030. The molecule has 4 aromatic rings. The van der Waals surface area contributed by atoms with Gasteiger partial charge >= 0.3 is 12.0 Å². The molecule has 2 amide bonds. The molecule has 16 heteroatoms. The summed E-state index contributed by atoms with van der Waals surface area (Å²) in [5, 5.41) is 9.89. The molecule has 4 aliphatic rings. The maximum atomic E-state index is 16.9. The van der Waals surface area contributed by atoms with Crippen LogP contribution in [0, 0.1) is 23.0 Å². The van der Waals surface area contributed by atoms with Gasteiger partial charge in [-0.15, -0.1) is 0 Å². The van der Waals surface area contributed by atoms with Crippen LogP contribution in [0.4, 0.5) is 28.9 Å². The van der Waals surface area contributed by atoms with E-state index in [4.69, 9.17) is 27.1 Å². The summed E-state index contributed by atoms with van der Waals surface area (Å²) >= 11 is 7.78. The monoisotopic (exact) mass is 711 g/mol. The number of anilines is 2. The summed E-state index contributed by atoms with van der Waals surface area (Å²) in [5.41, 5.74) is 5.83. The van der Waals surface area contributed by atoms with Gasteiger partial charge in [-0.25, -0.2) is 22.9 Å². The van der Waals surface area contributed by atoms with Crippen LogP contribution in [-0.4, -0.2) is 106 Å². The van der Waals surface area contributed by atoms with E-state index in [9.17, 15) is 18.8 Å². The molecule has 0 bridgehead atoms. The highest BCUT2D eigenvalue weighted by atomic mass is 35.5. The smallest absolute Gasteiger partial charge is 0.321 e. The molecule has 2 N–H and O–H groups in total. The zero-order valence-corrected chi connectivity index (χ0v) is 28.0. The number of ether oxygens (including phenoxy) is 1. The van der Waals surface area contributed by atoms with Gasteiger partial charge in [0.05, 0.1) is 26.8 Å². The second kappa shape index (κ2) is 12.3. The van der Waals surface area contributed by atoms with Crippen molar-refractivity contribution in [1.82, 2.24) is 29.7 Å². The Kier molecular flexibility index (Phi) is 8.08. The van der Waals surface area contributed by atoms with Crippen molar-refractivity contribution in [3.63, 3.8) is 0 Å². The molecule has 49 heavy (non-hydrogen) atoms. The highest BCUT2D eigenvalue weighted by Crippen LogP contribution is 2.44. The van der Waals surface area contributed by atoms with E-state index in [0.717, 1.165) is 30.7 Å². The number of amides is 2. The van der Waals surface area contributed by atoms with E-state index in [1.54, 1.807) is 15.9 Å². The van der Waals surface area contributed by atoms with Gasteiger partial charge in [-0.2, -0.15) is 15.2 Å². The Morgan fingerprint density at radius 3 is 2.78 bits per heavy atom. The SMILES string of the molecule is N#C[C@@H]1CCN1C(=O)N1CCCN(c2nc(OC[C@@]34CCCN3C[C@H](F)C4)nc3c(F)c(-c4ccc(F)c5sc(N)nc45)c(Cl)cc23)CC1. The van der Waals surface area contributed by atoms with Crippen LogP contribution in [0.25, 0.3) is 32.2 Å². The topological polar surface area (TPSA) is 128 Å². The van der Waals surface area contributed by atoms with Gasteiger partial charge in [0.2, 0.25) is 0 Å². The van der Waals surface area contributed by atoms with Gasteiger partial charge in [-0.3, -0.25) is 4.90 Å². The molecule has 11 nitrogen and oxygen atoms in total. The van der Waals surface area contributed by atoms with Crippen LogP contribution in [0.5, 0.6) is 6.01 Å². The maximum Gasteiger partial charge on any atom is 0.321 e. The van der Waals surface area contributed by atoms with E-state index < -0.39 is 29.4 Å². The zero-order chi connectivity index (χ0) is 34.0. The van der Waals surface area contributed by atoms with Gasteiger partial charge in [-0.05, 0) is 50.4 Å². The summed E-state index contributed by atoms with van der Waals surface area (Å²) in [6, 6.07) is 5.76. The quantitative estimate of drug-likeness (QED) is 0.281. The molecule has 256 valence electrons. The summed E-state index contributed by atoms with van der Waals surface area (Å²) in [4.78, 5) is 34.2. The summed E-state index contributed by atoms with van der Waals surface area (Å²) in [6.07, 6.45) is 2.36. The van der Waals surface area contributed by atoms with Crippen LogP contribution in [0.3, 0.4) is 0 Å². The fourth-order valence-electron chi connectivity index (χ4n) is 7.81. The Hall–Kier alpha value is -4.13. The van der Waals surface area contributed by atoms with Crippen LogP contribution in [0.15, 0.2) is 18.2 Å². The van der Waals surface area contributed by atoms with Gasteiger partial charge in [0, 0.05) is 62.2 Å².